The van der Waals surface area contributed by atoms with Gasteiger partial charge in [0.25, 0.3) is 5.56 Å². The van der Waals surface area contributed by atoms with Gasteiger partial charge in [0.1, 0.15) is 5.83 Å². The van der Waals surface area contributed by atoms with E-state index in [-0.39, 0.29) is 12.1 Å². The van der Waals surface area contributed by atoms with Crippen LogP contribution in [0.15, 0.2) is 38.7 Å². The van der Waals surface area contributed by atoms with Crippen LogP contribution in [0.25, 0.3) is 0 Å². The molecule has 1 aromatic heterocycles. The Balaban J connectivity index is 3.44. The Morgan fingerprint density at radius 1 is 1.36 bits per heavy atom. The minimum atomic E-state index is -4.74. The predicted molar refractivity (Wildman–Crippen MR) is 74.3 cm³/mol. The first kappa shape index (κ1) is 17.9. The lowest BCUT2D eigenvalue weighted by molar-refractivity contribution is -0.0901. The Labute approximate surface area is 123 Å². The van der Waals surface area contributed by atoms with Gasteiger partial charge in [-0.2, -0.15) is 13.2 Å². The number of rotatable bonds is 4. The SMILES string of the molecule is CC/C=C(\C(Cn1c(C)cc(=O)[nH]c1=O)=C(/C)F)C(F)(F)F. The zero-order valence-electron chi connectivity index (χ0n) is 12.3. The first-order chi connectivity index (χ1) is 10.1. The van der Waals surface area contributed by atoms with Gasteiger partial charge in [-0.15, -0.1) is 0 Å². The summed E-state index contributed by atoms with van der Waals surface area (Å²) in [5.74, 6) is -1.03. The van der Waals surface area contributed by atoms with E-state index in [2.05, 4.69) is 0 Å². The Hall–Kier alpha value is -2.12. The number of hydrogen-bond acceptors (Lipinski definition) is 2. The molecule has 0 atom stereocenters. The van der Waals surface area contributed by atoms with E-state index in [1.165, 1.54) is 13.8 Å². The fourth-order valence-electron chi connectivity index (χ4n) is 1.99. The summed E-state index contributed by atoms with van der Waals surface area (Å²) in [5, 5.41) is 0. The van der Waals surface area contributed by atoms with Gasteiger partial charge in [0, 0.05) is 17.3 Å². The number of allylic oxidation sites excluding steroid dienone is 4. The van der Waals surface area contributed by atoms with Gasteiger partial charge in [-0.1, -0.05) is 13.0 Å². The molecule has 1 N–H and O–H groups in total. The van der Waals surface area contributed by atoms with Crippen molar-refractivity contribution in [1.29, 1.82) is 0 Å². The second-order valence-electron chi connectivity index (χ2n) is 4.70. The van der Waals surface area contributed by atoms with Gasteiger partial charge in [-0.05, 0) is 20.3 Å². The highest BCUT2D eigenvalue weighted by molar-refractivity contribution is 5.36. The van der Waals surface area contributed by atoms with Crippen LogP contribution in [0.1, 0.15) is 26.0 Å². The Morgan fingerprint density at radius 2 is 1.95 bits per heavy atom. The molecule has 8 heteroatoms. The summed E-state index contributed by atoms with van der Waals surface area (Å²) in [5.41, 5.74) is -3.16. The third-order valence-corrected chi connectivity index (χ3v) is 3.01. The Morgan fingerprint density at radius 3 is 2.36 bits per heavy atom. The standard InChI is InChI=1S/C14H16F4N2O2/c1-4-5-11(14(16,17)18)10(9(3)15)7-20-8(2)6-12(21)19-13(20)22/h5-6H,4,7H2,1-3H3,(H,19,21,22)/b10-9+,11-5+. The molecule has 122 valence electrons. The molecular formula is C14H16F4N2O2. The van der Waals surface area contributed by atoms with Gasteiger partial charge >= 0.3 is 11.9 Å². The number of aryl methyl sites for hydroxylation is 1. The molecule has 0 saturated carbocycles. The molecular weight excluding hydrogens is 304 g/mol. The number of hydrogen-bond donors (Lipinski definition) is 1. The van der Waals surface area contributed by atoms with Crippen LogP contribution in [0, 0.1) is 6.92 Å². The summed E-state index contributed by atoms with van der Waals surface area (Å²) in [6.07, 6.45) is -3.81. The number of alkyl halides is 3. The second kappa shape index (κ2) is 6.76. The quantitative estimate of drug-likeness (QED) is 0.685. The van der Waals surface area contributed by atoms with E-state index in [4.69, 9.17) is 0 Å². The number of nitrogens with zero attached hydrogens (tertiary/aromatic N) is 1. The van der Waals surface area contributed by atoms with Crippen LogP contribution in [-0.4, -0.2) is 15.7 Å². The molecule has 1 aromatic rings. The van der Waals surface area contributed by atoms with Crippen LogP contribution in [0.5, 0.6) is 0 Å². The highest BCUT2D eigenvalue weighted by Crippen LogP contribution is 2.34. The van der Waals surface area contributed by atoms with Crippen molar-refractivity contribution < 1.29 is 17.6 Å². The molecule has 1 rings (SSSR count). The predicted octanol–water partition coefficient (Wildman–Crippen LogP) is 2.99. The van der Waals surface area contributed by atoms with Crippen molar-refractivity contribution in [2.75, 3.05) is 0 Å². The van der Waals surface area contributed by atoms with Gasteiger partial charge in [0.2, 0.25) is 0 Å². The zero-order chi connectivity index (χ0) is 17.1. The monoisotopic (exact) mass is 320 g/mol. The third-order valence-electron chi connectivity index (χ3n) is 3.01. The smallest absolute Gasteiger partial charge is 0.293 e. The molecule has 0 bridgehead atoms. The molecule has 22 heavy (non-hydrogen) atoms. The lowest BCUT2D eigenvalue weighted by atomic mass is 10.0. The Bertz CT molecular complexity index is 720. The lowest BCUT2D eigenvalue weighted by Crippen LogP contribution is -2.32. The van der Waals surface area contributed by atoms with Crippen molar-refractivity contribution in [2.24, 2.45) is 0 Å². The van der Waals surface area contributed by atoms with Gasteiger partial charge in [-0.25, -0.2) is 9.18 Å². The van der Waals surface area contributed by atoms with Gasteiger partial charge < -0.3 is 0 Å². The largest absolute Gasteiger partial charge is 0.416 e. The molecule has 0 radical (unpaired) electrons. The van der Waals surface area contributed by atoms with Crippen molar-refractivity contribution in [1.82, 2.24) is 9.55 Å². The topological polar surface area (TPSA) is 54.9 Å². The second-order valence-corrected chi connectivity index (χ2v) is 4.70. The minimum absolute atomic E-state index is 0.0606. The minimum Gasteiger partial charge on any atom is -0.293 e. The molecule has 1 heterocycles. The fraction of sp³-hybridized carbons (Fsp3) is 0.429. The third kappa shape index (κ3) is 4.19. The van der Waals surface area contributed by atoms with Crippen LogP contribution in [0.4, 0.5) is 17.6 Å². The maximum Gasteiger partial charge on any atom is 0.416 e. The summed E-state index contributed by atoms with van der Waals surface area (Å²) in [6.45, 7) is 3.17. The van der Waals surface area contributed by atoms with Crippen LogP contribution in [-0.2, 0) is 6.54 Å². The van der Waals surface area contributed by atoms with Crippen LogP contribution >= 0.6 is 0 Å². The Kier molecular flexibility index (Phi) is 5.51. The van der Waals surface area contributed by atoms with Crippen LogP contribution < -0.4 is 11.2 Å². The average molecular weight is 320 g/mol. The zero-order valence-corrected chi connectivity index (χ0v) is 12.3. The van der Waals surface area contributed by atoms with Crippen molar-refractivity contribution in [2.45, 2.75) is 39.9 Å². The summed E-state index contributed by atoms with van der Waals surface area (Å²) in [4.78, 5) is 24.8. The maximum atomic E-state index is 13.6. The van der Waals surface area contributed by atoms with Crippen molar-refractivity contribution in [3.63, 3.8) is 0 Å². The van der Waals surface area contributed by atoms with E-state index in [0.717, 1.165) is 23.6 Å². The van der Waals surface area contributed by atoms with Crippen LogP contribution in [0.2, 0.25) is 0 Å². The summed E-state index contributed by atoms with van der Waals surface area (Å²) < 4.78 is 53.7. The number of halogens is 4. The van der Waals surface area contributed by atoms with Crippen molar-refractivity contribution in [3.05, 3.63) is 55.6 Å². The maximum absolute atomic E-state index is 13.6. The van der Waals surface area contributed by atoms with E-state index in [1.54, 1.807) is 0 Å². The molecule has 4 nitrogen and oxygen atoms in total. The van der Waals surface area contributed by atoms with E-state index < -0.39 is 40.9 Å². The highest BCUT2D eigenvalue weighted by atomic mass is 19.4. The number of H-pyrrole nitrogens is 1. The normalized spacial score (nSPS) is 14.0. The summed E-state index contributed by atoms with van der Waals surface area (Å²) in [7, 11) is 0. The molecule has 0 spiro atoms. The molecule has 0 aliphatic heterocycles. The molecule has 0 fully saturated rings. The van der Waals surface area contributed by atoms with E-state index >= 15 is 0 Å². The molecule has 0 unspecified atom stereocenters. The van der Waals surface area contributed by atoms with E-state index in [1.807, 2.05) is 4.98 Å². The fourth-order valence-corrected chi connectivity index (χ4v) is 1.99. The number of aromatic amines is 1. The van der Waals surface area contributed by atoms with Crippen molar-refractivity contribution in [3.8, 4) is 0 Å². The highest BCUT2D eigenvalue weighted by Gasteiger charge is 2.36. The molecule has 0 saturated heterocycles. The number of aromatic nitrogens is 2. The lowest BCUT2D eigenvalue weighted by Gasteiger charge is -2.18. The van der Waals surface area contributed by atoms with Crippen LogP contribution in [0.3, 0.4) is 0 Å². The summed E-state index contributed by atoms with van der Waals surface area (Å²) in [6, 6.07) is 1.06. The molecule has 0 aliphatic rings. The summed E-state index contributed by atoms with van der Waals surface area (Å²) >= 11 is 0. The molecule has 0 amide bonds. The van der Waals surface area contributed by atoms with Gasteiger partial charge in [0.05, 0.1) is 12.1 Å². The van der Waals surface area contributed by atoms with Crippen molar-refractivity contribution >= 4 is 0 Å². The van der Waals surface area contributed by atoms with Gasteiger partial charge in [0.15, 0.2) is 0 Å². The first-order valence-electron chi connectivity index (χ1n) is 6.51. The molecule has 0 aliphatic carbocycles. The van der Waals surface area contributed by atoms with Gasteiger partial charge in [-0.3, -0.25) is 14.3 Å². The van der Waals surface area contributed by atoms with E-state index in [0.29, 0.717) is 0 Å². The molecule has 0 aromatic carbocycles. The van der Waals surface area contributed by atoms with E-state index in [9.17, 15) is 27.2 Å². The number of nitrogens with one attached hydrogen (secondary N) is 1. The average Bonchev–Trinajstić information content (AvgIpc) is 2.34. The first-order valence-corrected chi connectivity index (χ1v) is 6.51.